The van der Waals surface area contributed by atoms with Crippen LogP contribution in [0.1, 0.15) is 238 Å². The molecule has 1 rings (SSSR count). The Morgan fingerprint density at radius 1 is 0.463 bits per heavy atom. The van der Waals surface area contributed by atoms with Crippen LogP contribution < -0.4 is 4.57 Å². The first-order chi connectivity index (χ1) is 20.2. The highest BCUT2D eigenvalue weighted by atomic mass is 15.1. The molecule has 0 bridgehead atoms. The highest BCUT2D eigenvalue weighted by molar-refractivity contribution is 4.90. The Kier molecular flexibility index (Phi) is 27.3. The Morgan fingerprint density at radius 2 is 0.805 bits per heavy atom. The molecule has 0 aliphatic carbocycles. The number of H-pyrrole nitrogens is 1. The minimum Gasteiger partial charge on any atom is -0.247 e. The van der Waals surface area contributed by atoms with Crippen LogP contribution in [0.4, 0.5) is 0 Å². The van der Waals surface area contributed by atoms with E-state index in [1.807, 2.05) is 0 Å². The Hall–Kier alpha value is -0.790. The average Bonchev–Trinajstić information content (AvgIpc) is 3.47. The first-order valence-electron chi connectivity index (χ1n) is 19.3. The van der Waals surface area contributed by atoms with Gasteiger partial charge in [-0.05, 0) is 32.6 Å². The van der Waals surface area contributed by atoms with Gasteiger partial charge in [-0.1, -0.05) is 188 Å². The smallest absolute Gasteiger partial charge is 0.247 e. The van der Waals surface area contributed by atoms with Gasteiger partial charge in [0.25, 0.3) is 5.82 Å². The number of nitrogens with one attached hydrogen (secondary N) is 1. The highest BCUT2D eigenvalue weighted by Crippen LogP contribution is 2.27. The summed E-state index contributed by atoms with van der Waals surface area (Å²) in [7, 11) is 0. The van der Waals surface area contributed by atoms with Crippen molar-refractivity contribution in [1.29, 1.82) is 0 Å². The average molecular weight is 574 g/mol. The summed E-state index contributed by atoms with van der Waals surface area (Å²) in [5.41, 5.74) is 0. The summed E-state index contributed by atoms with van der Waals surface area (Å²) in [6, 6.07) is 0.620. The zero-order valence-electron chi connectivity index (χ0n) is 29.0. The monoisotopic (exact) mass is 574 g/mol. The summed E-state index contributed by atoms with van der Waals surface area (Å²) >= 11 is 0. The lowest BCUT2D eigenvalue weighted by molar-refractivity contribution is -0.727. The molecule has 2 nitrogen and oxygen atoms in total. The largest absolute Gasteiger partial charge is 0.257 e. The van der Waals surface area contributed by atoms with Crippen LogP contribution in [0.2, 0.25) is 0 Å². The number of nitrogens with zero attached hydrogens (tertiary/aromatic N) is 1. The highest BCUT2D eigenvalue weighted by Gasteiger charge is 2.25. The fraction of sp³-hybridized carbons (Fsp3) is 0.923. The van der Waals surface area contributed by atoms with Crippen LogP contribution in [0.3, 0.4) is 0 Å². The molecule has 0 aliphatic rings. The van der Waals surface area contributed by atoms with Gasteiger partial charge in [-0.25, -0.2) is 9.55 Å². The second-order valence-corrected chi connectivity index (χ2v) is 13.6. The van der Waals surface area contributed by atoms with E-state index in [2.05, 4.69) is 49.6 Å². The van der Waals surface area contributed by atoms with Gasteiger partial charge in [0, 0.05) is 0 Å². The molecule has 242 valence electrons. The van der Waals surface area contributed by atoms with Crippen molar-refractivity contribution in [3.8, 4) is 0 Å². The lowest BCUT2D eigenvalue weighted by Gasteiger charge is -2.17. The van der Waals surface area contributed by atoms with Gasteiger partial charge in [0.1, 0.15) is 12.4 Å². The fourth-order valence-electron chi connectivity index (χ4n) is 6.77. The zero-order valence-corrected chi connectivity index (χ0v) is 29.0. The second kappa shape index (κ2) is 29.3. The quantitative estimate of drug-likeness (QED) is 0.0653. The maximum absolute atomic E-state index is 3.70. The molecular weight excluding hydrogens is 496 g/mol. The molecule has 41 heavy (non-hydrogen) atoms. The Balaban J connectivity index is 2.20. The van der Waals surface area contributed by atoms with Crippen LogP contribution in [-0.4, -0.2) is 4.98 Å². The molecule has 1 aromatic rings. The SMILES string of the molecule is CCCCCCCCCCCCCCCC(C)[n+]1cc[nH]c1C(CCCC)CCCCCCCCCCCCCC. The van der Waals surface area contributed by atoms with Gasteiger partial charge >= 0.3 is 0 Å². The van der Waals surface area contributed by atoms with Crippen molar-refractivity contribution in [1.82, 2.24) is 4.98 Å². The van der Waals surface area contributed by atoms with Crippen molar-refractivity contribution >= 4 is 0 Å². The lowest BCUT2D eigenvalue weighted by atomic mass is 9.93. The van der Waals surface area contributed by atoms with Crippen LogP contribution in [0.25, 0.3) is 0 Å². The Labute approximate surface area is 259 Å². The molecule has 0 saturated heterocycles. The zero-order chi connectivity index (χ0) is 29.6. The number of aromatic nitrogens is 2. The normalized spacial score (nSPS) is 13.2. The molecule has 2 atom stereocenters. The van der Waals surface area contributed by atoms with Crippen molar-refractivity contribution < 1.29 is 4.57 Å². The topological polar surface area (TPSA) is 19.7 Å². The van der Waals surface area contributed by atoms with Gasteiger partial charge in [-0.15, -0.1) is 0 Å². The summed E-state index contributed by atoms with van der Waals surface area (Å²) < 4.78 is 2.61. The maximum Gasteiger partial charge on any atom is 0.257 e. The van der Waals surface area contributed by atoms with Crippen LogP contribution in [0, 0.1) is 0 Å². The van der Waals surface area contributed by atoms with Crippen LogP contribution in [-0.2, 0) is 0 Å². The lowest BCUT2D eigenvalue weighted by Crippen LogP contribution is -2.41. The number of imidazole rings is 1. The van der Waals surface area contributed by atoms with E-state index in [-0.39, 0.29) is 0 Å². The van der Waals surface area contributed by atoms with E-state index in [0.29, 0.717) is 12.0 Å². The summed E-state index contributed by atoms with van der Waals surface area (Å²) in [4.78, 5) is 3.70. The molecule has 0 spiro atoms. The first kappa shape index (κ1) is 38.2. The minimum atomic E-state index is 0.620. The fourth-order valence-corrected chi connectivity index (χ4v) is 6.77. The molecule has 2 heteroatoms. The van der Waals surface area contributed by atoms with Crippen LogP contribution in [0.5, 0.6) is 0 Å². The van der Waals surface area contributed by atoms with E-state index in [1.54, 1.807) is 0 Å². The van der Waals surface area contributed by atoms with Gasteiger partial charge in [-0.3, -0.25) is 0 Å². The molecule has 0 aliphatic heterocycles. The van der Waals surface area contributed by atoms with E-state index >= 15 is 0 Å². The molecular formula is C39H77N2+. The summed E-state index contributed by atoms with van der Waals surface area (Å²) in [5.74, 6) is 2.23. The van der Waals surface area contributed by atoms with E-state index < -0.39 is 0 Å². The number of hydrogen-bond donors (Lipinski definition) is 1. The van der Waals surface area contributed by atoms with Gasteiger partial charge in [0.2, 0.25) is 0 Å². The van der Waals surface area contributed by atoms with E-state index in [1.165, 1.54) is 198 Å². The third-order valence-electron chi connectivity index (χ3n) is 9.64. The summed E-state index contributed by atoms with van der Waals surface area (Å²) in [6.45, 7) is 9.42. The van der Waals surface area contributed by atoms with Crippen molar-refractivity contribution in [2.45, 2.75) is 232 Å². The standard InChI is InChI=1S/C39H76N2/c1-5-8-11-13-15-17-19-21-22-24-26-28-30-32-37(4)41-36-35-40-39(41)38(33-10-7-3)34-31-29-27-25-23-20-18-16-14-12-9-6-2/h35-38H,5-34H2,1-4H3/p+1. The van der Waals surface area contributed by atoms with Crippen molar-refractivity contribution in [3.05, 3.63) is 18.2 Å². The molecule has 0 amide bonds. The van der Waals surface area contributed by atoms with Gasteiger partial charge in [-0.2, -0.15) is 0 Å². The van der Waals surface area contributed by atoms with Gasteiger partial charge in [0.05, 0.1) is 12.0 Å². The number of rotatable bonds is 32. The van der Waals surface area contributed by atoms with Crippen molar-refractivity contribution in [3.63, 3.8) is 0 Å². The van der Waals surface area contributed by atoms with Gasteiger partial charge in [0.15, 0.2) is 0 Å². The number of unbranched alkanes of at least 4 members (excludes halogenated alkanes) is 24. The van der Waals surface area contributed by atoms with Gasteiger partial charge < -0.3 is 0 Å². The summed E-state index contributed by atoms with van der Waals surface area (Å²) in [5, 5.41) is 0. The third kappa shape index (κ3) is 21.5. The Bertz CT molecular complexity index is 635. The molecule has 0 saturated carbocycles. The van der Waals surface area contributed by atoms with E-state index in [0.717, 1.165) is 0 Å². The van der Waals surface area contributed by atoms with E-state index in [4.69, 9.17) is 0 Å². The van der Waals surface area contributed by atoms with Crippen LogP contribution in [0.15, 0.2) is 12.4 Å². The predicted molar refractivity (Wildman–Crippen MR) is 184 cm³/mol. The molecule has 0 fully saturated rings. The summed E-state index contributed by atoms with van der Waals surface area (Å²) in [6.07, 6.45) is 47.2. The third-order valence-corrected chi connectivity index (χ3v) is 9.64. The Morgan fingerprint density at radius 3 is 1.22 bits per heavy atom. The number of aromatic amines is 1. The molecule has 1 aromatic heterocycles. The first-order valence-corrected chi connectivity index (χ1v) is 19.3. The van der Waals surface area contributed by atoms with Crippen molar-refractivity contribution in [2.24, 2.45) is 0 Å². The van der Waals surface area contributed by atoms with Crippen LogP contribution >= 0.6 is 0 Å². The molecule has 0 radical (unpaired) electrons. The molecule has 2 unspecified atom stereocenters. The minimum absolute atomic E-state index is 0.620. The maximum atomic E-state index is 3.70. The molecule has 1 heterocycles. The van der Waals surface area contributed by atoms with E-state index in [9.17, 15) is 0 Å². The molecule has 1 N–H and O–H groups in total. The molecule has 0 aromatic carbocycles. The van der Waals surface area contributed by atoms with Crippen molar-refractivity contribution in [2.75, 3.05) is 0 Å². The number of hydrogen-bond acceptors (Lipinski definition) is 0. The second-order valence-electron chi connectivity index (χ2n) is 13.6. The predicted octanol–water partition coefficient (Wildman–Crippen LogP) is 13.7.